The topological polar surface area (TPSA) is 55.1 Å². The molecule has 88 valence electrons. The molecule has 1 saturated carbocycles. The number of nitrogens with one attached hydrogen (secondary N) is 1. The van der Waals surface area contributed by atoms with Gasteiger partial charge < -0.3 is 11.1 Å². The van der Waals surface area contributed by atoms with Crippen LogP contribution in [0.25, 0.3) is 0 Å². The van der Waals surface area contributed by atoms with Gasteiger partial charge in [0.2, 0.25) is 5.91 Å². The first-order chi connectivity index (χ1) is 7.10. The van der Waals surface area contributed by atoms with E-state index in [0.717, 1.165) is 18.4 Å². The number of nitrogens with two attached hydrogens (primary N) is 1. The predicted molar refractivity (Wildman–Crippen MR) is 66.4 cm³/mol. The highest BCUT2D eigenvalue weighted by Gasteiger charge is 2.45. The Kier molecular flexibility index (Phi) is 3.94. The van der Waals surface area contributed by atoms with Crippen molar-refractivity contribution in [3.63, 3.8) is 0 Å². The SMILES string of the molecule is Cc1ccc(CNC(=O)C2(N)CC2)cc1.Cl. The fourth-order valence-electron chi connectivity index (χ4n) is 1.43. The summed E-state index contributed by atoms with van der Waals surface area (Å²) in [5.74, 6) is -0.0249. The summed E-state index contributed by atoms with van der Waals surface area (Å²) >= 11 is 0. The molecule has 1 aromatic carbocycles. The average Bonchev–Trinajstić information content (AvgIpc) is 2.97. The predicted octanol–water partition coefficient (Wildman–Crippen LogP) is 1.52. The van der Waals surface area contributed by atoms with Gasteiger partial charge in [-0.25, -0.2) is 0 Å². The number of hydrogen-bond acceptors (Lipinski definition) is 2. The van der Waals surface area contributed by atoms with Crippen molar-refractivity contribution in [2.45, 2.75) is 31.8 Å². The van der Waals surface area contributed by atoms with Crippen LogP contribution in [0.3, 0.4) is 0 Å². The van der Waals surface area contributed by atoms with E-state index in [0.29, 0.717) is 6.54 Å². The minimum absolute atomic E-state index is 0. The Morgan fingerprint density at radius 1 is 1.38 bits per heavy atom. The summed E-state index contributed by atoms with van der Waals surface area (Å²) in [4.78, 5) is 11.5. The van der Waals surface area contributed by atoms with Gasteiger partial charge in [0.25, 0.3) is 0 Å². The third-order valence-electron chi connectivity index (χ3n) is 2.81. The van der Waals surface area contributed by atoms with Gasteiger partial charge in [-0.05, 0) is 25.3 Å². The maximum absolute atomic E-state index is 11.5. The van der Waals surface area contributed by atoms with Crippen LogP contribution >= 0.6 is 12.4 Å². The maximum atomic E-state index is 11.5. The van der Waals surface area contributed by atoms with E-state index in [1.54, 1.807) is 0 Å². The molecule has 0 aromatic heterocycles. The van der Waals surface area contributed by atoms with Gasteiger partial charge in [-0.1, -0.05) is 29.8 Å². The monoisotopic (exact) mass is 240 g/mol. The summed E-state index contributed by atoms with van der Waals surface area (Å²) in [6, 6.07) is 8.12. The first-order valence-electron chi connectivity index (χ1n) is 5.23. The van der Waals surface area contributed by atoms with E-state index in [-0.39, 0.29) is 18.3 Å². The Labute approximate surface area is 102 Å². The maximum Gasteiger partial charge on any atom is 0.240 e. The average molecular weight is 241 g/mol. The lowest BCUT2D eigenvalue weighted by atomic mass is 10.1. The lowest BCUT2D eigenvalue weighted by molar-refractivity contribution is -0.123. The number of halogens is 1. The van der Waals surface area contributed by atoms with E-state index in [2.05, 4.69) is 5.32 Å². The summed E-state index contributed by atoms with van der Waals surface area (Å²) in [6.45, 7) is 2.61. The molecule has 0 atom stereocenters. The Morgan fingerprint density at radius 3 is 2.44 bits per heavy atom. The largest absolute Gasteiger partial charge is 0.350 e. The normalized spacial score (nSPS) is 16.1. The highest BCUT2D eigenvalue weighted by atomic mass is 35.5. The van der Waals surface area contributed by atoms with Crippen molar-refractivity contribution in [1.29, 1.82) is 0 Å². The summed E-state index contributed by atoms with van der Waals surface area (Å²) in [6.07, 6.45) is 1.62. The minimum atomic E-state index is -0.565. The van der Waals surface area contributed by atoms with Crippen LogP contribution in [0.2, 0.25) is 0 Å². The van der Waals surface area contributed by atoms with Crippen LogP contribution in [-0.4, -0.2) is 11.4 Å². The van der Waals surface area contributed by atoms with Gasteiger partial charge in [0.1, 0.15) is 0 Å². The zero-order valence-corrected chi connectivity index (χ0v) is 10.1. The zero-order valence-electron chi connectivity index (χ0n) is 9.32. The van der Waals surface area contributed by atoms with Crippen molar-refractivity contribution in [1.82, 2.24) is 5.32 Å². The summed E-state index contributed by atoms with van der Waals surface area (Å²) < 4.78 is 0. The van der Waals surface area contributed by atoms with E-state index >= 15 is 0 Å². The molecule has 0 heterocycles. The second-order valence-corrected chi connectivity index (χ2v) is 4.32. The van der Waals surface area contributed by atoms with Gasteiger partial charge in [-0.3, -0.25) is 4.79 Å². The molecular formula is C12H17ClN2O. The molecule has 1 fully saturated rings. The smallest absolute Gasteiger partial charge is 0.240 e. The molecule has 0 bridgehead atoms. The molecule has 0 spiro atoms. The van der Waals surface area contributed by atoms with Crippen molar-refractivity contribution in [2.75, 3.05) is 0 Å². The lowest BCUT2D eigenvalue weighted by Crippen LogP contribution is -2.42. The molecule has 1 aliphatic rings. The molecule has 16 heavy (non-hydrogen) atoms. The van der Waals surface area contributed by atoms with Gasteiger partial charge in [-0.2, -0.15) is 0 Å². The molecule has 1 amide bonds. The van der Waals surface area contributed by atoms with Crippen LogP contribution in [0.15, 0.2) is 24.3 Å². The first kappa shape index (κ1) is 13.0. The molecule has 0 saturated heterocycles. The van der Waals surface area contributed by atoms with Crippen LogP contribution < -0.4 is 11.1 Å². The summed E-state index contributed by atoms with van der Waals surface area (Å²) in [7, 11) is 0. The summed E-state index contributed by atoms with van der Waals surface area (Å²) in [5, 5.41) is 2.86. The Morgan fingerprint density at radius 2 is 1.94 bits per heavy atom. The highest BCUT2D eigenvalue weighted by Crippen LogP contribution is 2.32. The van der Waals surface area contributed by atoms with Crippen molar-refractivity contribution in [3.8, 4) is 0 Å². The number of carbonyl (C=O) groups excluding carboxylic acids is 1. The van der Waals surface area contributed by atoms with Gasteiger partial charge in [0.05, 0.1) is 5.54 Å². The van der Waals surface area contributed by atoms with Gasteiger partial charge in [0, 0.05) is 6.54 Å². The Bertz CT molecular complexity index is 371. The van der Waals surface area contributed by atoms with Crippen molar-refractivity contribution >= 4 is 18.3 Å². The molecule has 2 rings (SSSR count). The van der Waals surface area contributed by atoms with Crippen LogP contribution in [0.1, 0.15) is 24.0 Å². The van der Waals surface area contributed by atoms with Gasteiger partial charge in [0.15, 0.2) is 0 Å². The summed E-state index contributed by atoms with van der Waals surface area (Å²) in [5.41, 5.74) is 7.54. The van der Waals surface area contributed by atoms with Crippen LogP contribution in [-0.2, 0) is 11.3 Å². The van der Waals surface area contributed by atoms with Crippen LogP contribution in [0.5, 0.6) is 0 Å². The Hall–Kier alpha value is -1.06. The number of rotatable bonds is 3. The van der Waals surface area contributed by atoms with E-state index in [1.165, 1.54) is 5.56 Å². The van der Waals surface area contributed by atoms with Crippen LogP contribution in [0.4, 0.5) is 0 Å². The molecule has 1 aliphatic carbocycles. The molecule has 3 N–H and O–H groups in total. The number of benzene rings is 1. The van der Waals surface area contributed by atoms with Crippen molar-refractivity contribution < 1.29 is 4.79 Å². The van der Waals surface area contributed by atoms with E-state index in [9.17, 15) is 4.79 Å². The molecular weight excluding hydrogens is 224 g/mol. The van der Waals surface area contributed by atoms with E-state index in [4.69, 9.17) is 5.73 Å². The second-order valence-electron chi connectivity index (χ2n) is 4.32. The highest BCUT2D eigenvalue weighted by molar-refractivity contribution is 5.88. The number of hydrogen-bond donors (Lipinski definition) is 2. The third-order valence-corrected chi connectivity index (χ3v) is 2.81. The molecule has 3 nitrogen and oxygen atoms in total. The fraction of sp³-hybridized carbons (Fsp3) is 0.417. The number of carbonyl (C=O) groups is 1. The van der Waals surface area contributed by atoms with E-state index < -0.39 is 5.54 Å². The van der Waals surface area contributed by atoms with Gasteiger partial charge >= 0.3 is 0 Å². The zero-order chi connectivity index (χ0) is 10.9. The second kappa shape index (κ2) is 4.85. The molecule has 0 radical (unpaired) electrons. The third kappa shape index (κ3) is 2.97. The quantitative estimate of drug-likeness (QED) is 0.842. The minimum Gasteiger partial charge on any atom is -0.350 e. The molecule has 4 heteroatoms. The lowest BCUT2D eigenvalue weighted by Gasteiger charge is -2.09. The molecule has 0 aliphatic heterocycles. The van der Waals surface area contributed by atoms with E-state index in [1.807, 2.05) is 31.2 Å². The first-order valence-corrected chi connectivity index (χ1v) is 5.23. The number of aryl methyl sites for hydroxylation is 1. The number of amides is 1. The van der Waals surface area contributed by atoms with Crippen molar-refractivity contribution in [2.24, 2.45) is 5.73 Å². The fourth-order valence-corrected chi connectivity index (χ4v) is 1.43. The van der Waals surface area contributed by atoms with Crippen molar-refractivity contribution in [3.05, 3.63) is 35.4 Å². The van der Waals surface area contributed by atoms with Crippen LogP contribution in [0, 0.1) is 6.92 Å². The standard InChI is InChI=1S/C12H16N2O.ClH/c1-9-2-4-10(5-3-9)8-14-11(15)12(13)6-7-12;/h2-5H,6-8,13H2,1H3,(H,14,15);1H. The van der Waals surface area contributed by atoms with Gasteiger partial charge in [-0.15, -0.1) is 12.4 Å². The molecule has 0 unspecified atom stereocenters. The Balaban J connectivity index is 0.00000128. The molecule has 1 aromatic rings.